The van der Waals surface area contributed by atoms with Crippen molar-refractivity contribution in [3.05, 3.63) is 76.2 Å². The fraction of sp³-hybridized carbons (Fsp3) is 0.261. The summed E-state index contributed by atoms with van der Waals surface area (Å²) in [5.41, 5.74) is 3.43. The minimum absolute atomic E-state index is 0.104. The smallest absolute Gasteiger partial charge is 0.251 e. The molecule has 8 heteroatoms. The quantitative estimate of drug-likeness (QED) is 0.677. The van der Waals surface area contributed by atoms with E-state index < -0.39 is 23.7 Å². The molecule has 0 saturated carbocycles. The Morgan fingerprint density at radius 1 is 1.19 bits per heavy atom. The number of halogens is 1. The molecule has 0 radical (unpaired) electrons. The minimum atomic E-state index is -0.947. The van der Waals surface area contributed by atoms with E-state index in [1.165, 1.54) is 19.2 Å². The number of carbonyl (C=O) groups is 2. The summed E-state index contributed by atoms with van der Waals surface area (Å²) in [4.78, 5) is 26.0. The van der Waals surface area contributed by atoms with E-state index in [4.69, 9.17) is 4.74 Å². The van der Waals surface area contributed by atoms with E-state index in [-0.39, 0.29) is 11.7 Å². The number of ether oxygens (including phenoxy) is 1. The number of fused-ring (bicyclic) bond motifs is 1. The Morgan fingerprint density at radius 2 is 1.90 bits per heavy atom. The summed E-state index contributed by atoms with van der Waals surface area (Å²) in [5.74, 6) is -1.30. The zero-order chi connectivity index (χ0) is 22.3. The van der Waals surface area contributed by atoms with Crippen LogP contribution < -0.4 is 15.4 Å². The van der Waals surface area contributed by atoms with Crippen LogP contribution in [0.3, 0.4) is 0 Å². The lowest BCUT2D eigenvalue weighted by Gasteiger charge is -2.32. The van der Waals surface area contributed by atoms with Gasteiger partial charge in [-0.1, -0.05) is 23.8 Å². The maximum atomic E-state index is 14.5. The SMILES string of the molecule is COc1ccc([C@@H]2c3c(C)nn(C)c3NC(=O)[C@@H]2NC(=O)c2ccc(C)cc2)cc1F. The van der Waals surface area contributed by atoms with Crippen molar-refractivity contribution in [2.24, 2.45) is 7.05 Å². The van der Waals surface area contributed by atoms with Gasteiger partial charge < -0.3 is 15.4 Å². The van der Waals surface area contributed by atoms with Gasteiger partial charge >= 0.3 is 0 Å². The number of methoxy groups -OCH3 is 1. The highest BCUT2D eigenvalue weighted by atomic mass is 19.1. The first kappa shape index (κ1) is 20.6. The third kappa shape index (κ3) is 3.65. The minimum Gasteiger partial charge on any atom is -0.494 e. The van der Waals surface area contributed by atoms with Gasteiger partial charge in [0, 0.05) is 24.1 Å². The van der Waals surface area contributed by atoms with Gasteiger partial charge in [-0.15, -0.1) is 0 Å². The van der Waals surface area contributed by atoms with Gasteiger partial charge in [0.1, 0.15) is 11.9 Å². The van der Waals surface area contributed by atoms with Crippen LogP contribution in [0.2, 0.25) is 0 Å². The van der Waals surface area contributed by atoms with Gasteiger partial charge in [0.2, 0.25) is 5.91 Å². The van der Waals surface area contributed by atoms with Crippen molar-refractivity contribution in [2.75, 3.05) is 12.4 Å². The second-order valence-corrected chi connectivity index (χ2v) is 7.65. The number of aromatic nitrogens is 2. The first-order chi connectivity index (χ1) is 14.8. The van der Waals surface area contributed by atoms with Gasteiger partial charge in [0.15, 0.2) is 11.6 Å². The summed E-state index contributed by atoms with van der Waals surface area (Å²) in [7, 11) is 3.11. The zero-order valence-electron chi connectivity index (χ0n) is 17.7. The molecular formula is C23H23FN4O3. The van der Waals surface area contributed by atoms with Crippen LogP contribution in [0.1, 0.15) is 38.7 Å². The second kappa shape index (κ2) is 7.86. The molecule has 160 valence electrons. The zero-order valence-corrected chi connectivity index (χ0v) is 17.7. The van der Waals surface area contributed by atoms with Crippen molar-refractivity contribution in [3.63, 3.8) is 0 Å². The second-order valence-electron chi connectivity index (χ2n) is 7.65. The standard InChI is InChI=1S/C23H23FN4O3/c1-12-5-7-14(8-6-12)22(29)25-20-19(15-9-10-17(31-4)16(24)11-15)18-13(2)27-28(3)21(18)26-23(20)30/h5-11,19-20H,1-4H3,(H,25,29)(H,26,30)/t19-,20-/m1/s1. The van der Waals surface area contributed by atoms with E-state index in [1.54, 1.807) is 29.9 Å². The lowest BCUT2D eigenvalue weighted by molar-refractivity contribution is -0.118. The van der Waals surface area contributed by atoms with Gasteiger partial charge in [-0.25, -0.2) is 4.39 Å². The number of amides is 2. The maximum absolute atomic E-state index is 14.5. The summed E-state index contributed by atoms with van der Waals surface area (Å²) < 4.78 is 21.1. The van der Waals surface area contributed by atoms with Crippen LogP contribution in [0.15, 0.2) is 42.5 Å². The Bertz CT molecular complexity index is 1170. The van der Waals surface area contributed by atoms with Gasteiger partial charge in [0.25, 0.3) is 5.91 Å². The molecule has 7 nitrogen and oxygen atoms in total. The highest BCUT2D eigenvalue weighted by Crippen LogP contribution is 2.40. The van der Waals surface area contributed by atoms with E-state index in [2.05, 4.69) is 15.7 Å². The summed E-state index contributed by atoms with van der Waals surface area (Å²) in [6, 6.07) is 10.7. The molecule has 3 aromatic rings. The molecule has 1 aliphatic rings. The topological polar surface area (TPSA) is 85.2 Å². The summed E-state index contributed by atoms with van der Waals surface area (Å²) in [5, 5.41) is 10.1. The van der Waals surface area contributed by atoms with E-state index in [0.29, 0.717) is 22.6 Å². The molecule has 2 N–H and O–H groups in total. The number of hydrogen-bond donors (Lipinski definition) is 2. The number of anilines is 1. The molecule has 0 saturated heterocycles. The van der Waals surface area contributed by atoms with Crippen LogP contribution in [0.4, 0.5) is 10.2 Å². The summed E-state index contributed by atoms with van der Waals surface area (Å²) in [6.45, 7) is 3.75. The number of hydrogen-bond acceptors (Lipinski definition) is 4. The van der Waals surface area contributed by atoms with Gasteiger partial charge in [-0.05, 0) is 43.7 Å². The molecule has 4 rings (SSSR count). The first-order valence-electron chi connectivity index (χ1n) is 9.85. The van der Waals surface area contributed by atoms with Crippen LogP contribution in [-0.2, 0) is 11.8 Å². The van der Waals surface area contributed by atoms with E-state index in [9.17, 15) is 14.0 Å². The molecule has 31 heavy (non-hydrogen) atoms. The summed E-state index contributed by atoms with van der Waals surface area (Å²) in [6.07, 6.45) is 0. The lowest BCUT2D eigenvalue weighted by Crippen LogP contribution is -2.50. The normalized spacial score (nSPS) is 17.6. The van der Waals surface area contributed by atoms with Crippen molar-refractivity contribution in [1.29, 1.82) is 0 Å². The van der Waals surface area contributed by atoms with E-state index in [1.807, 2.05) is 26.0 Å². The van der Waals surface area contributed by atoms with Crippen LogP contribution >= 0.6 is 0 Å². The molecule has 0 fully saturated rings. The Labute approximate surface area is 179 Å². The fourth-order valence-corrected chi connectivity index (χ4v) is 4.02. The molecule has 1 aromatic heterocycles. The Kier molecular flexibility index (Phi) is 5.22. The van der Waals surface area contributed by atoms with Crippen LogP contribution in [-0.4, -0.2) is 34.7 Å². The Balaban J connectivity index is 1.79. The molecule has 2 heterocycles. The monoisotopic (exact) mass is 422 g/mol. The number of carbonyl (C=O) groups excluding carboxylic acids is 2. The Hall–Kier alpha value is -3.68. The molecule has 1 aliphatic heterocycles. The molecule has 2 aromatic carbocycles. The molecule has 0 bridgehead atoms. The van der Waals surface area contributed by atoms with Crippen molar-refractivity contribution in [3.8, 4) is 5.75 Å². The third-order valence-corrected chi connectivity index (χ3v) is 5.57. The molecule has 2 amide bonds. The van der Waals surface area contributed by atoms with Crippen molar-refractivity contribution < 1.29 is 18.7 Å². The first-order valence-corrected chi connectivity index (χ1v) is 9.85. The number of benzene rings is 2. The highest BCUT2D eigenvalue weighted by Gasteiger charge is 2.41. The van der Waals surface area contributed by atoms with E-state index >= 15 is 0 Å². The molecular weight excluding hydrogens is 399 g/mol. The number of rotatable bonds is 4. The Morgan fingerprint density at radius 3 is 2.55 bits per heavy atom. The number of nitrogens with one attached hydrogen (secondary N) is 2. The molecule has 0 spiro atoms. The molecule has 0 aliphatic carbocycles. The van der Waals surface area contributed by atoms with Crippen LogP contribution in [0.5, 0.6) is 5.75 Å². The average Bonchev–Trinajstić information content (AvgIpc) is 3.02. The van der Waals surface area contributed by atoms with Crippen molar-refractivity contribution >= 4 is 17.6 Å². The van der Waals surface area contributed by atoms with Crippen LogP contribution in [0, 0.1) is 19.7 Å². The number of aryl methyl sites for hydroxylation is 3. The summed E-state index contributed by atoms with van der Waals surface area (Å²) >= 11 is 0. The molecule has 0 unspecified atom stereocenters. The fourth-order valence-electron chi connectivity index (χ4n) is 4.02. The number of nitrogens with zero attached hydrogens (tertiary/aromatic N) is 2. The maximum Gasteiger partial charge on any atom is 0.251 e. The van der Waals surface area contributed by atoms with E-state index in [0.717, 1.165) is 11.1 Å². The van der Waals surface area contributed by atoms with Crippen molar-refractivity contribution in [1.82, 2.24) is 15.1 Å². The predicted octanol–water partition coefficient (Wildman–Crippen LogP) is 3.07. The van der Waals surface area contributed by atoms with Crippen LogP contribution in [0.25, 0.3) is 0 Å². The van der Waals surface area contributed by atoms with Gasteiger partial charge in [-0.3, -0.25) is 14.3 Å². The lowest BCUT2D eigenvalue weighted by atomic mass is 9.81. The van der Waals surface area contributed by atoms with Gasteiger partial charge in [-0.2, -0.15) is 5.10 Å². The third-order valence-electron chi connectivity index (χ3n) is 5.57. The molecule has 2 atom stereocenters. The van der Waals surface area contributed by atoms with Crippen molar-refractivity contribution in [2.45, 2.75) is 25.8 Å². The largest absolute Gasteiger partial charge is 0.494 e. The van der Waals surface area contributed by atoms with Gasteiger partial charge in [0.05, 0.1) is 12.8 Å². The highest BCUT2D eigenvalue weighted by molar-refractivity contribution is 6.03. The predicted molar refractivity (Wildman–Crippen MR) is 114 cm³/mol. The average molecular weight is 422 g/mol.